The third-order valence-electron chi connectivity index (χ3n) is 2.79. The fourth-order valence-electron chi connectivity index (χ4n) is 1.75. The molecule has 6 nitrogen and oxygen atoms in total. The third-order valence-corrected chi connectivity index (χ3v) is 2.79. The van der Waals surface area contributed by atoms with E-state index < -0.39 is 17.6 Å². The maximum absolute atomic E-state index is 12.7. The quantitative estimate of drug-likeness (QED) is 0.902. The minimum absolute atomic E-state index is 0.165. The van der Waals surface area contributed by atoms with Crippen molar-refractivity contribution in [1.29, 1.82) is 0 Å². The Morgan fingerprint density at radius 2 is 2.00 bits per heavy atom. The van der Waals surface area contributed by atoms with Gasteiger partial charge in [-0.15, -0.1) is 0 Å². The molecule has 9 heteroatoms. The zero-order valence-electron chi connectivity index (χ0n) is 12.0. The van der Waals surface area contributed by atoms with E-state index in [2.05, 4.69) is 15.7 Å². The molecule has 2 aromatic rings. The maximum atomic E-state index is 12.7. The van der Waals surface area contributed by atoms with E-state index in [1.54, 1.807) is 0 Å². The molecule has 0 unspecified atom stereocenters. The molecular formula is C14H13F3N4O2. The summed E-state index contributed by atoms with van der Waals surface area (Å²) in [6, 6.07) is 6.09. The van der Waals surface area contributed by atoms with Crippen molar-refractivity contribution in [1.82, 2.24) is 15.1 Å². The molecule has 0 atom stereocenters. The fraction of sp³-hybridized carbons (Fsp3) is 0.214. The zero-order chi connectivity index (χ0) is 17.0. The minimum atomic E-state index is -4.45. The molecule has 1 aromatic carbocycles. The molecule has 0 saturated carbocycles. The normalized spacial score (nSPS) is 11.1. The topological polar surface area (TPSA) is 76.0 Å². The second kappa shape index (κ2) is 6.51. The number of rotatable bonds is 4. The van der Waals surface area contributed by atoms with Crippen molar-refractivity contribution in [3.05, 3.63) is 42.1 Å². The van der Waals surface area contributed by atoms with Crippen molar-refractivity contribution in [2.45, 2.75) is 13.1 Å². The Labute approximate surface area is 129 Å². The number of carbonyl (C=O) groups is 2. The lowest BCUT2D eigenvalue weighted by Crippen LogP contribution is -2.31. The number of alkyl halides is 3. The molecule has 2 rings (SSSR count). The van der Waals surface area contributed by atoms with Crippen molar-refractivity contribution in [3.63, 3.8) is 0 Å². The van der Waals surface area contributed by atoms with Crippen LogP contribution in [0.3, 0.4) is 0 Å². The molecular weight excluding hydrogens is 313 g/mol. The van der Waals surface area contributed by atoms with Crippen LogP contribution >= 0.6 is 0 Å². The molecule has 1 aromatic heterocycles. The highest BCUT2D eigenvalue weighted by atomic mass is 19.4. The molecule has 0 radical (unpaired) electrons. The van der Waals surface area contributed by atoms with Gasteiger partial charge in [-0.1, -0.05) is 6.07 Å². The number of carbonyl (C=O) groups excluding carboxylic acids is 2. The largest absolute Gasteiger partial charge is 0.416 e. The fourth-order valence-corrected chi connectivity index (χ4v) is 1.75. The number of nitrogens with zero attached hydrogens (tertiary/aromatic N) is 2. The highest BCUT2D eigenvalue weighted by molar-refractivity contribution is 5.93. The van der Waals surface area contributed by atoms with Crippen molar-refractivity contribution in [2.75, 3.05) is 11.9 Å². The Hall–Kier alpha value is -2.84. The predicted molar refractivity (Wildman–Crippen MR) is 75.9 cm³/mol. The van der Waals surface area contributed by atoms with E-state index in [1.807, 2.05) is 0 Å². The van der Waals surface area contributed by atoms with Crippen LogP contribution in [0, 0.1) is 0 Å². The standard InChI is InChI=1S/C14H13F3N4O2/c1-9(22)18-8-13(23)19-12-5-6-21(20-12)11-4-2-3-10(7-11)14(15,16)17/h2-7H,8H2,1H3,(H,18,22)(H,19,20,23). The molecule has 0 aliphatic rings. The highest BCUT2D eigenvalue weighted by Gasteiger charge is 2.30. The molecule has 1 heterocycles. The first kappa shape index (κ1) is 16.5. The molecule has 0 aliphatic heterocycles. The van der Waals surface area contributed by atoms with E-state index in [-0.39, 0.29) is 24.0 Å². The number of amides is 2. The van der Waals surface area contributed by atoms with E-state index >= 15 is 0 Å². The van der Waals surface area contributed by atoms with E-state index in [9.17, 15) is 22.8 Å². The van der Waals surface area contributed by atoms with E-state index in [0.29, 0.717) is 0 Å². The van der Waals surface area contributed by atoms with Gasteiger partial charge >= 0.3 is 6.18 Å². The summed E-state index contributed by atoms with van der Waals surface area (Å²) in [5.41, 5.74) is -0.580. The van der Waals surface area contributed by atoms with Gasteiger partial charge in [0.2, 0.25) is 11.8 Å². The number of halogens is 3. The average Bonchev–Trinajstić information content (AvgIpc) is 2.93. The Morgan fingerprint density at radius 3 is 2.65 bits per heavy atom. The number of benzene rings is 1. The third kappa shape index (κ3) is 4.56. The number of hydrogen-bond donors (Lipinski definition) is 2. The van der Waals surface area contributed by atoms with Crippen LogP contribution in [0.5, 0.6) is 0 Å². The minimum Gasteiger partial charge on any atom is -0.347 e. The second-order valence-electron chi connectivity index (χ2n) is 4.65. The van der Waals surface area contributed by atoms with Gasteiger partial charge in [0, 0.05) is 19.2 Å². The molecule has 0 fully saturated rings. The van der Waals surface area contributed by atoms with Crippen molar-refractivity contribution >= 4 is 17.6 Å². The summed E-state index contributed by atoms with van der Waals surface area (Å²) in [5.74, 6) is -0.679. The van der Waals surface area contributed by atoms with E-state index in [1.165, 1.54) is 36.0 Å². The van der Waals surface area contributed by atoms with Gasteiger partial charge in [-0.25, -0.2) is 4.68 Å². The first-order chi connectivity index (χ1) is 10.8. The van der Waals surface area contributed by atoms with Gasteiger partial charge < -0.3 is 10.6 Å². The second-order valence-corrected chi connectivity index (χ2v) is 4.65. The van der Waals surface area contributed by atoms with Gasteiger partial charge in [0.05, 0.1) is 17.8 Å². The van der Waals surface area contributed by atoms with Crippen LogP contribution in [0.1, 0.15) is 12.5 Å². The van der Waals surface area contributed by atoms with Crippen LogP contribution in [0.25, 0.3) is 5.69 Å². The van der Waals surface area contributed by atoms with Crippen LogP contribution in [0.15, 0.2) is 36.5 Å². The van der Waals surface area contributed by atoms with Crippen LogP contribution in [0.2, 0.25) is 0 Å². The van der Waals surface area contributed by atoms with E-state index in [0.717, 1.165) is 12.1 Å². The van der Waals surface area contributed by atoms with Crippen LogP contribution < -0.4 is 10.6 Å². The van der Waals surface area contributed by atoms with Gasteiger partial charge in [-0.3, -0.25) is 9.59 Å². The molecule has 2 amide bonds. The number of aromatic nitrogens is 2. The summed E-state index contributed by atoms with van der Waals surface area (Å²) in [4.78, 5) is 22.2. The zero-order valence-corrected chi connectivity index (χ0v) is 12.0. The van der Waals surface area contributed by atoms with Gasteiger partial charge in [-0.05, 0) is 18.2 Å². The summed E-state index contributed by atoms with van der Waals surface area (Å²) in [6.07, 6.45) is -3.03. The van der Waals surface area contributed by atoms with Crippen molar-refractivity contribution in [3.8, 4) is 5.69 Å². The summed E-state index contributed by atoms with van der Waals surface area (Å²) < 4.78 is 39.3. The smallest absolute Gasteiger partial charge is 0.347 e. The number of hydrogen-bond acceptors (Lipinski definition) is 3. The average molecular weight is 326 g/mol. The molecule has 122 valence electrons. The SMILES string of the molecule is CC(=O)NCC(=O)Nc1ccn(-c2cccc(C(F)(F)F)c2)n1. The molecule has 0 aliphatic carbocycles. The van der Waals surface area contributed by atoms with Gasteiger partial charge in [0.15, 0.2) is 5.82 Å². The van der Waals surface area contributed by atoms with Crippen molar-refractivity contribution in [2.24, 2.45) is 0 Å². The molecule has 23 heavy (non-hydrogen) atoms. The summed E-state index contributed by atoms with van der Waals surface area (Å²) in [5, 5.41) is 8.72. The molecule has 0 bridgehead atoms. The van der Waals surface area contributed by atoms with E-state index in [4.69, 9.17) is 0 Å². The Balaban J connectivity index is 2.10. The summed E-state index contributed by atoms with van der Waals surface area (Å²) >= 11 is 0. The lowest BCUT2D eigenvalue weighted by molar-refractivity contribution is -0.137. The molecule has 0 spiro atoms. The van der Waals surface area contributed by atoms with Gasteiger partial charge in [-0.2, -0.15) is 18.3 Å². The number of anilines is 1. The molecule has 0 saturated heterocycles. The highest BCUT2D eigenvalue weighted by Crippen LogP contribution is 2.30. The predicted octanol–water partition coefficient (Wildman–Crippen LogP) is 1.97. The Bertz CT molecular complexity index is 725. The first-order valence-corrected chi connectivity index (χ1v) is 6.53. The van der Waals surface area contributed by atoms with Crippen LogP contribution in [-0.4, -0.2) is 28.1 Å². The van der Waals surface area contributed by atoms with Gasteiger partial charge in [0.1, 0.15) is 0 Å². The monoisotopic (exact) mass is 326 g/mol. The first-order valence-electron chi connectivity index (χ1n) is 6.53. The summed E-state index contributed by atoms with van der Waals surface area (Å²) in [6.45, 7) is 1.06. The Morgan fingerprint density at radius 1 is 1.26 bits per heavy atom. The van der Waals surface area contributed by atoms with Crippen LogP contribution in [0.4, 0.5) is 19.0 Å². The number of nitrogens with one attached hydrogen (secondary N) is 2. The lowest BCUT2D eigenvalue weighted by Gasteiger charge is -2.08. The van der Waals surface area contributed by atoms with Crippen LogP contribution in [-0.2, 0) is 15.8 Å². The maximum Gasteiger partial charge on any atom is 0.416 e. The summed E-state index contributed by atoms with van der Waals surface area (Å²) in [7, 11) is 0. The lowest BCUT2D eigenvalue weighted by atomic mass is 10.2. The van der Waals surface area contributed by atoms with Crippen molar-refractivity contribution < 1.29 is 22.8 Å². The Kier molecular flexibility index (Phi) is 4.68. The van der Waals surface area contributed by atoms with Gasteiger partial charge in [0.25, 0.3) is 0 Å². The molecule has 2 N–H and O–H groups in total.